The van der Waals surface area contributed by atoms with E-state index in [9.17, 15) is 13.2 Å². The molecule has 15 heavy (non-hydrogen) atoms. The fourth-order valence-electron chi connectivity index (χ4n) is 1.35. The van der Waals surface area contributed by atoms with Crippen LogP contribution in [0, 0.1) is 0 Å². The van der Waals surface area contributed by atoms with E-state index in [4.69, 9.17) is 9.84 Å². The number of morpholine rings is 1. The van der Waals surface area contributed by atoms with Crippen molar-refractivity contribution in [2.24, 2.45) is 0 Å². The van der Waals surface area contributed by atoms with Gasteiger partial charge in [0.2, 0.25) is 0 Å². The van der Waals surface area contributed by atoms with E-state index in [1.54, 1.807) is 4.90 Å². The minimum Gasteiger partial charge on any atom is -0.479 e. The van der Waals surface area contributed by atoms with Gasteiger partial charge in [0.05, 0.1) is 12.4 Å². The molecule has 1 heterocycles. The third-order valence-electron chi connectivity index (χ3n) is 2.20. The number of hydrogen-bond acceptors (Lipinski definition) is 5. The summed E-state index contributed by atoms with van der Waals surface area (Å²) in [5.74, 6) is -0.946. The summed E-state index contributed by atoms with van der Waals surface area (Å²) in [4.78, 5) is 12.4. The molecule has 1 atom stereocenters. The molecule has 0 radical (unpaired) electrons. The van der Waals surface area contributed by atoms with Gasteiger partial charge in [0, 0.05) is 25.9 Å². The topological polar surface area (TPSA) is 83.9 Å². The van der Waals surface area contributed by atoms with E-state index < -0.39 is 21.9 Å². The van der Waals surface area contributed by atoms with Crippen LogP contribution in [0.3, 0.4) is 0 Å². The molecule has 0 aromatic heterocycles. The Kier molecular flexibility index (Phi) is 4.06. The van der Waals surface area contributed by atoms with Gasteiger partial charge in [-0.1, -0.05) is 0 Å². The largest absolute Gasteiger partial charge is 0.479 e. The predicted octanol–water partition coefficient (Wildman–Crippen LogP) is -1.18. The number of hydrogen-bond donors (Lipinski definition) is 1. The van der Waals surface area contributed by atoms with E-state index in [0.29, 0.717) is 19.7 Å². The van der Waals surface area contributed by atoms with E-state index >= 15 is 0 Å². The summed E-state index contributed by atoms with van der Waals surface area (Å²) >= 11 is 0. The maximum absolute atomic E-state index is 10.9. The Morgan fingerprint density at radius 2 is 2.27 bits per heavy atom. The number of aliphatic carboxylic acids is 1. The molecule has 1 aliphatic rings. The van der Waals surface area contributed by atoms with Gasteiger partial charge in [-0.15, -0.1) is 0 Å². The second-order valence-electron chi connectivity index (χ2n) is 3.63. The van der Waals surface area contributed by atoms with Crippen LogP contribution in [0.5, 0.6) is 0 Å². The molecular formula is C8H15NO5S. The third kappa shape index (κ3) is 4.59. The van der Waals surface area contributed by atoms with Crippen molar-refractivity contribution in [1.82, 2.24) is 4.90 Å². The molecule has 0 saturated carbocycles. The number of nitrogens with zero attached hydrogens (tertiary/aromatic N) is 1. The molecule has 1 rings (SSSR count). The highest BCUT2D eigenvalue weighted by molar-refractivity contribution is 7.90. The highest BCUT2D eigenvalue weighted by Crippen LogP contribution is 2.05. The molecule has 0 aromatic carbocycles. The summed E-state index contributed by atoms with van der Waals surface area (Å²) in [6.45, 7) is 1.54. The van der Waals surface area contributed by atoms with Crippen LogP contribution < -0.4 is 0 Å². The van der Waals surface area contributed by atoms with Gasteiger partial charge in [-0.25, -0.2) is 13.2 Å². The standard InChI is InChI=1S/C8H15NO5S/c1-15(12,13)5-3-9-2-4-14-7(6-9)8(10)11/h7H,2-6H2,1H3,(H,10,11). The van der Waals surface area contributed by atoms with Crippen molar-refractivity contribution in [3.63, 3.8) is 0 Å². The highest BCUT2D eigenvalue weighted by atomic mass is 32.2. The number of carbonyl (C=O) groups is 1. The first-order chi connectivity index (χ1) is 6.88. The Hall–Kier alpha value is -0.660. The Bertz CT molecular complexity index is 326. The predicted molar refractivity (Wildman–Crippen MR) is 53.5 cm³/mol. The van der Waals surface area contributed by atoms with Crippen LogP contribution in [-0.4, -0.2) is 68.7 Å². The third-order valence-corrected chi connectivity index (χ3v) is 3.13. The first-order valence-corrected chi connectivity index (χ1v) is 6.69. The zero-order valence-corrected chi connectivity index (χ0v) is 9.37. The van der Waals surface area contributed by atoms with Crippen LogP contribution in [0.4, 0.5) is 0 Å². The molecule has 1 aliphatic heterocycles. The fraction of sp³-hybridized carbons (Fsp3) is 0.875. The molecule has 1 saturated heterocycles. The Morgan fingerprint density at radius 3 is 2.80 bits per heavy atom. The van der Waals surface area contributed by atoms with E-state index in [2.05, 4.69) is 0 Å². The van der Waals surface area contributed by atoms with Crippen LogP contribution in [0.1, 0.15) is 0 Å². The molecule has 0 aromatic rings. The van der Waals surface area contributed by atoms with Crippen LogP contribution >= 0.6 is 0 Å². The van der Waals surface area contributed by atoms with E-state index in [1.165, 1.54) is 6.26 Å². The van der Waals surface area contributed by atoms with Crippen LogP contribution in [0.15, 0.2) is 0 Å². The van der Waals surface area contributed by atoms with Crippen molar-refractivity contribution >= 4 is 15.8 Å². The lowest BCUT2D eigenvalue weighted by atomic mass is 10.3. The summed E-state index contributed by atoms with van der Waals surface area (Å²) in [6.07, 6.45) is 0.334. The summed E-state index contributed by atoms with van der Waals surface area (Å²) < 4.78 is 26.8. The van der Waals surface area contributed by atoms with E-state index in [0.717, 1.165) is 0 Å². The quantitative estimate of drug-likeness (QED) is 0.662. The van der Waals surface area contributed by atoms with Gasteiger partial charge < -0.3 is 9.84 Å². The maximum Gasteiger partial charge on any atom is 0.334 e. The number of ether oxygens (including phenoxy) is 1. The zero-order chi connectivity index (χ0) is 11.5. The van der Waals surface area contributed by atoms with Crippen molar-refractivity contribution in [1.29, 1.82) is 0 Å². The zero-order valence-electron chi connectivity index (χ0n) is 8.55. The Balaban J connectivity index is 2.40. The van der Waals surface area contributed by atoms with Gasteiger partial charge in [-0.3, -0.25) is 4.90 Å². The Labute approximate surface area is 88.7 Å². The summed E-state index contributed by atoms with van der Waals surface area (Å²) in [5, 5.41) is 8.71. The lowest BCUT2D eigenvalue weighted by molar-refractivity contribution is -0.155. The molecular weight excluding hydrogens is 222 g/mol. The molecule has 0 spiro atoms. The van der Waals surface area contributed by atoms with Crippen LogP contribution in [0.25, 0.3) is 0 Å². The average Bonchev–Trinajstić information content (AvgIpc) is 2.14. The summed E-state index contributed by atoms with van der Waals surface area (Å²) in [7, 11) is -2.99. The van der Waals surface area contributed by atoms with Crippen molar-refractivity contribution in [2.75, 3.05) is 38.2 Å². The second-order valence-corrected chi connectivity index (χ2v) is 5.89. The number of rotatable bonds is 4. The van der Waals surface area contributed by atoms with Gasteiger partial charge >= 0.3 is 5.97 Å². The van der Waals surface area contributed by atoms with Crippen LogP contribution in [0.2, 0.25) is 0 Å². The fourth-order valence-corrected chi connectivity index (χ4v) is 1.94. The maximum atomic E-state index is 10.9. The second kappa shape index (κ2) is 4.91. The van der Waals surface area contributed by atoms with E-state index in [-0.39, 0.29) is 12.3 Å². The SMILES string of the molecule is CS(=O)(=O)CCN1CCOC(C(=O)O)C1. The lowest BCUT2D eigenvalue weighted by Gasteiger charge is -2.30. The van der Waals surface area contributed by atoms with Gasteiger partial charge in [0.25, 0.3) is 0 Å². The van der Waals surface area contributed by atoms with E-state index in [1.807, 2.05) is 0 Å². The van der Waals surface area contributed by atoms with Gasteiger partial charge in [-0.2, -0.15) is 0 Å². The first-order valence-electron chi connectivity index (χ1n) is 4.63. The monoisotopic (exact) mass is 237 g/mol. The molecule has 7 heteroatoms. The smallest absolute Gasteiger partial charge is 0.334 e. The molecule has 1 unspecified atom stereocenters. The van der Waals surface area contributed by atoms with Crippen LogP contribution in [-0.2, 0) is 19.4 Å². The average molecular weight is 237 g/mol. The number of carboxylic acids is 1. The minimum atomic E-state index is -2.99. The molecule has 6 nitrogen and oxygen atoms in total. The van der Waals surface area contributed by atoms with Crippen molar-refractivity contribution < 1.29 is 23.1 Å². The van der Waals surface area contributed by atoms with Gasteiger partial charge in [-0.05, 0) is 0 Å². The first kappa shape index (κ1) is 12.4. The molecule has 0 aliphatic carbocycles. The molecule has 1 N–H and O–H groups in total. The molecule has 0 amide bonds. The number of carboxylic acid groups (broad SMARTS) is 1. The molecule has 1 fully saturated rings. The minimum absolute atomic E-state index is 0.0549. The Morgan fingerprint density at radius 1 is 1.60 bits per heavy atom. The summed E-state index contributed by atoms with van der Waals surface area (Å²) in [6, 6.07) is 0. The lowest BCUT2D eigenvalue weighted by Crippen LogP contribution is -2.47. The van der Waals surface area contributed by atoms with Crippen molar-refractivity contribution in [2.45, 2.75) is 6.10 Å². The van der Waals surface area contributed by atoms with Gasteiger partial charge in [0.15, 0.2) is 6.10 Å². The molecule has 0 bridgehead atoms. The summed E-state index contributed by atoms with van der Waals surface area (Å²) in [5.41, 5.74) is 0. The van der Waals surface area contributed by atoms with Gasteiger partial charge in [0.1, 0.15) is 9.84 Å². The van der Waals surface area contributed by atoms with Crippen molar-refractivity contribution in [3.8, 4) is 0 Å². The molecule has 88 valence electrons. The number of sulfone groups is 1. The normalized spacial score (nSPS) is 23.9. The highest BCUT2D eigenvalue weighted by Gasteiger charge is 2.26. The van der Waals surface area contributed by atoms with Crippen molar-refractivity contribution in [3.05, 3.63) is 0 Å².